The third kappa shape index (κ3) is 6.40. The van der Waals surface area contributed by atoms with Crippen LogP contribution >= 0.6 is 0 Å². The van der Waals surface area contributed by atoms with Crippen LogP contribution in [0.4, 0.5) is 0 Å². The topological polar surface area (TPSA) is 70.2 Å². The normalized spacial score (nSPS) is 11.0. The Morgan fingerprint density at radius 3 is 1.81 bits per heavy atom. The second-order valence-corrected chi connectivity index (χ2v) is 6.18. The van der Waals surface area contributed by atoms with Gasteiger partial charge in [-0.2, -0.15) is 0 Å². The highest BCUT2D eigenvalue weighted by Crippen LogP contribution is 2.11. The zero-order valence-corrected chi connectivity index (χ0v) is 13.2. The summed E-state index contributed by atoms with van der Waals surface area (Å²) in [7, 11) is 1.83. The summed E-state index contributed by atoms with van der Waals surface area (Å²) in [6.07, 6.45) is 0. The van der Waals surface area contributed by atoms with Crippen LogP contribution in [0.3, 0.4) is 0 Å². The number of carbonyl (C=O) groups is 2. The van der Waals surface area contributed by atoms with Gasteiger partial charge < -0.3 is 16.0 Å². The average Bonchev–Trinajstić information content (AvgIpc) is 2.44. The predicted octanol–water partition coefficient (Wildman–Crippen LogP) is 1.41. The molecule has 0 aliphatic heterocycles. The third-order valence-electron chi connectivity index (χ3n) is 2.85. The molecule has 0 aromatic heterocycles. The minimum absolute atomic E-state index is 0.0444. The molecule has 0 saturated carbocycles. The first-order valence-electron chi connectivity index (χ1n) is 7.14. The van der Waals surface area contributed by atoms with Crippen LogP contribution in [0.15, 0.2) is 24.3 Å². The molecule has 1 aromatic carbocycles. The van der Waals surface area contributed by atoms with Crippen molar-refractivity contribution in [3.8, 4) is 0 Å². The molecular formula is C16H25N3O2. The first-order chi connectivity index (χ1) is 9.83. The van der Waals surface area contributed by atoms with E-state index in [9.17, 15) is 9.59 Å². The fourth-order valence-electron chi connectivity index (χ4n) is 1.62. The summed E-state index contributed by atoms with van der Waals surface area (Å²) >= 11 is 0. The zero-order chi connectivity index (χ0) is 15.9. The van der Waals surface area contributed by atoms with Gasteiger partial charge in [0.15, 0.2) is 0 Å². The van der Waals surface area contributed by atoms with Crippen molar-refractivity contribution >= 4 is 11.8 Å². The lowest BCUT2D eigenvalue weighted by Crippen LogP contribution is -2.32. The van der Waals surface area contributed by atoms with E-state index < -0.39 is 0 Å². The summed E-state index contributed by atoms with van der Waals surface area (Å²) in [5, 5.41) is 8.63. The fourth-order valence-corrected chi connectivity index (χ4v) is 1.62. The van der Waals surface area contributed by atoms with Crippen LogP contribution < -0.4 is 16.0 Å². The fraction of sp³-hybridized carbons (Fsp3) is 0.500. The monoisotopic (exact) mass is 291 g/mol. The van der Waals surface area contributed by atoms with Gasteiger partial charge in [-0.3, -0.25) is 9.59 Å². The van der Waals surface area contributed by atoms with Crippen LogP contribution in [-0.4, -0.2) is 38.5 Å². The number of carbonyl (C=O) groups excluding carboxylic acids is 2. The van der Waals surface area contributed by atoms with Crippen LogP contribution in [-0.2, 0) is 0 Å². The zero-order valence-electron chi connectivity index (χ0n) is 13.2. The van der Waals surface area contributed by atoms with Crippen molar-refractivity contribution in [2.45, 2.75) is 20.8 Å². The molecule has 0 aliphatic rings. The Labute approximate surface area is 126 Å². The van der Waals surface area contributed by atoms with Gasteiger partial charge in [-0.15, -0.1) is 0 Å². The van der Waals surface area contributed by atoms with E-state index in [1.54, 1.807) is 24.3 Å². The molecule has 0 atom stereocenters. The van der Waals surface area contributed by atoms with Gasteiger partial charge in [0, 0.05) is 30.8 Å². The lowest BCUT2D eigenvalue weighted by Gasteiger charge is -2.18. The van der Waals surface area contributed by atoms with E-state index in [2.05, 4.69) is 36.7 Å². The van der Waals surface area contributed by atoms with Gasteiger partial charge in [-0.1, -0.05) is 20.8 Å². The Kier molecular flexibility index (Phi) is 6.37. The van der Waals surface area contributed by atoms with Crippen LogP contribution in [0, 0.1) is 5.41 Å². The molecular weight excluding hydrogens is 266 g/mol. The van der Waals surface area contributed by atoms with Crippen LogP contribution in [0.5, 0.6) is 0 Å². The molecule has 0 heterocycles. The van der Waals surface area contributed by atoms with Gasteiger partial charge in [0.25, 0.3) is 11.8 Å². The quantitative estimate of drug-likeness (QED) is 0.694. The van der Waals surface area contributed by atoms with E-state index in [4.69, 9.17) is 0 Å². The molecule has 0 fully saturated rings. The maximum absolute atomic E-state index is 12.0. The van der Waals surface area contributed by atoms with Crippen molar-refractivity contribution in [2.75, 3.05) is 26.7 Å². The van der Waals surface area contributed by atoms with Crippen molar-refractivity contribution in [3.63, 3.8) is 0 Å². The van der Waals surface area contributed by atoms with Crippen LogP contribution in [0.25, 0.3) is 0 Å². The number of benzene rings is 1. The smallest absolute Gasteiger partial charge is 0.251 e. The van der Waals surface area contributed by atoms with Crippen molar-refractivity contribution < 1.29 is 9.59 Å². The molecule has 116 valence electrons. The summed E-state index contributed by atoms with van der Waals surface area (Å²) in [6.45, 7) is 8.09. The molecule has 3 N–H and O–H groups in total. The molecule has 0 spiro atoms. The summed E-state index contributed by atoms with van der Waals surface area (Å²) in [6, 6.07) is 6.68. The maximum atomic E-state index is 12.0. The van der Waals surface area contributed by atoms with Gasteiger partial charge >= 0.3 is 0 Å². The molecule has 21 heavy (non-hydrogen) atoms. The molecule has 0 unspecified atom stereocenters. The molecule has 5 nitrogen and oxygen atoms in total. The minimum Gasteiger partial charge on any atom is -0.352 e. The lowest BCUT2D eigenvalue weighted by atomic mass is 9.97. The summed E-state index contributed by atoms with van der Waals surface area (Å²) < 4.78 is 0. The largest absolute Gasteiger partial charge is 0.352 e. The van der Waals surface area contributed by atoms with E-state index in [1.165, 1.54) is 0 Å². The Balaban J connectivity index is 2.57. The van der Waals surface area contributed by atoms with Gasteiger partial charge in [-0.25, -0.2) is 0 Å². The first kappa shape index (κ1) is 17.2. The lowest BCUT2D eigenvalue weighted by molar-refractivity contribution is 0.0933. The molecule has 0 saturated heterocycles. The number of hydrogen-bond donors (Lipinski definition) is 3. The van der Waals surface area contributed by atoms with Crippen LogP contribution in [0.1, 0.15) is 41.5 Å². The second kappa shape index (κ2) is 7.78. The Morgan fingerprint density at radius 2 is 1.38 bits per heavy atom. The van der Waals surface area contributed by atoms with E-state index >= 15 is 0 Å². The van der Waals surface area contributed by atoms with Gasteiger partial charge in [0.1, 0.15) is 0 Å². The number of nitrogens with one attached hydrogen (secondary N) is 3. The number of hydrogen-bond acceptors (Lipinski definition) is 3. The molecule has 1 rings (SSSR count). The van der Waals surface area contributed by atoms with E-state index in [-0.39, 0.29) is 17.2 Å². The molecule has 0 bridgehead atoms. The van der Waals surface area contributed by atoms with Crippen molar-refractivity contribution in [1.82, 2.24) is 16.0 Å². The van der Waals surface area contributed by atoms with Crippen molar-refractivity contribution in [2.24, 2.45) is 5.41 Å². The standard InChI is InChI=1S/C16H25N3O2/c1-16(2,3)11-19-15(21)13-7-5-12(6-8-13)14(20)18-10-9-17-4/h5-8,17H,9-11H2,1-4H3,(H,18,20)(H,19,21). The average molecular weight is 291 g/mol. The highest BCUT2D eigenvalue weighted by Gasteiger charge is 2.13. The molecule has 2 amide bonds. The highest BCUT2D eigenvalue weighted by atomic mass is 16.2. The van der Waals surface area contributed by atoms with E-state index in [0.717, 1.165) is 6.54 Å². The Hall–Kier alpha value is -1.88. The minimum atomic E-state index is -0.133. The third-order valence-corrected chi connectivity index (χ3v) is 2.85. The molecule has 5 heteroatoms. The number of amides is 2. The summed E-state index contributed by atoms with van der Waals surface area (Å²) in [4.78, 5) is 23.8. The van der Waals surface area contributed by atoms with E-state index in [0.29, 0.717) is 24.2 Å². The maximum Gasteiger partial charge on any atom is 0.251 e. The second-order valence-electron chi connectivity index (χ2n) is 6.18. The van der Waals surface area contributed by atoms with Crippen LogP contribution in [0.2, 0.25) is 0 Å². The van der Waals surface area contributed by atoms with Gasteiger partial charge in [-0.05, 0) is 36.7 Å². The summed E-state index contributed by atoms with van der Waals surface area (Å²) in [5.41, 5.74) is 1.16. The van der Waals surface area contributed by atoms with Gasteiger partial charge in [0.2, 0.25) is 0 Å². The Morgan fingerprint density at radius 1 is 0.905 bits per heavy atom. The highest BCUT2D eigenvalue weighted by molar-refractivity contribution is 5.97. The molecule has 0 aliphatic carbocycles. The predicted molar refractivity (Wildman–Crippen MR) is 84.5 cm³/mol. The van der Waals surface area contributed by atoms with Gasteiger partial charge in [0.05, 0.1) is 0 Å². The first-order valence-corrected chi connectivity index (χ1v) is 7.14. The van der Waals surface area contributed by atoms with Crippen molar-refractivity contribution in [1.29, 1.82) is 0 Å². The molecule has 0 radical (unpaired) electrons. The van der Waals surface area contributed by atoms with E-state index in [1.807, 2.05) is 7.05 Å². The SMILES string of the molecule is CNCCNC(=O)c1ccc(C(=O)NCC(C)(C)C)cc1. The molecule has 1 aromatic rings. The summed E-state index contributed by atoms with van der Waals surface area (Å²) in [5.74, 6) is -0.251. The Bertz CT molecular complexity index is 475. The van der Waals surface area contributed by atoms with Crippen molar-refractivity contribution in [3.05, 3.63) is 35.4 Å². The number of rotatable bonds is 6. The number of likely N-dealkylation sites (N-methyl/N-ethyl adjacent to an activating group) is 1.